The third-order valence-electron chi connectivity index (χ3n) is 9.97. The molecule has 0 spiro atoms. The van der Waals surface area contributed by atoms with Crippen molar-refractivity contribution in [2.45, 2.75) is 74.9 Å². The molecule has 0 saturated carbocycles. The summed E-state index contributed by atoms with van der Waals surface area (Å²) in [6, 6.07) is 4.33. The number of aliphatic hydroxyl groups is 1. The van der Waals surface area contributed by atoms with E-state index >= 15 is 0 Å². The summed E-state index contributed by atoms with van der Waals surface area (Å²) >= 11 is 0. The van der Waals surface area contributed by atoms with Gasteiger partial charge in [0.25, 0.3) is 0 Å². The van der Waals surface area contributed by atoms with E-state index in [9.17, 15) is 29.7 Å². The molecule has 2 aromatic rings. The molecule has 3 heterocycles. The second-order valence-electron chi connectivity index (χ2n) is 12.6. The summed E-state index contributed by atoms with van der Waals surface area (Å²) in [6.45, 7) is 2.44. The summed E-state index contributed by atoms with van der Waals surface area (Å²) in [4.78, 5) is 43.1. The molecule has 0 amide bonds. The summed E-state index contributed by atoms with van der Waals surface area (Å²) in [5.74, 6) is -3.21. The van der Waals surface area contributed by atoms with Crippen LogP contribution in [0.3, 0.4) is 0 Å². The molecule has 0 aromatic heterocycles. The van der Waals surface area contributed by atoms with Gasteiger partial charge in [-0.2, -0.15) is 0 Å². The molecule has 5 aliphatic rings. The van der Waals surface area contributed by atoms with Gasteiger partial charge >= 0.3 is 0 Å². The standard InChI is InChI=1S/C33H37NO13/c1-14-30-17(34-8-9-44-32(43-4)31(34)47-30)10-21(45-14)46-19-12-33(40,20(35)13-41-2)11-16-23(19)29(39)25-24(27(16)37)26(36)15-6-5-7-18(42-3)22(15)28(25)38/h5-7,14,17,19,21,30-32,37,39-40H,8-13H2,1-4H3/t14-,17?,19-,21-,30+,31+,32-,33-/m0/s1. The van der Waals surface area contributed by atoms with E-state index in [2.05, 4.69) is 4.90 Å². The number of benzene rings is 2. The summed E-state index contributed by atoms with van der Waals surface area (Å²) in [5.41, 5.74) is -3.09. The van der Waals surface area contributed by atoms with Gasteiger partial charge in [-0.1, -0.05) is 12.1 Å². The number of hydrogen-bond donors (Lipinski definition) is 3. The largest absolute Gasteiger partial charge is 0.507 e. The van der Waals surface area contributed by atoms with Crippen LogP contribution in [0.2, 0.25) is 0 Å². The average molecular weight is 656 g/mol. The number of phenolic OH excluding ortho intramolecular Hbond substituents is 2. The number of hydrogen-bond acceptors (Lipinski definition) is 14. The lowest BCUT2D eigenvalue weighted by Crippen LogP contribution is -2.55. The van der Waals surface area contributed by atoms with E-state index in [-0.39, 0.29) is 46.6 Å². The second kappa shape index (κ2) is 11.9. The fraction of sp³-hybridized carbons (Fsp3) is 0.545. The van der Waals surface area contributed by atoms with Crippen molar-refractivity contribution in [2.75, 3.05) is 41.1 Å². The molecule has 3 N–H and O–H groups in total. The van der Waals surface area contributed by atoms with Gasteiger partial charge in [-0.3, -0.25) is 19.3 Å². The van der Waals surface area contributed by atoms with E-state index < -0.39 is 89.6 Å². The highest BCUT2D eigenvalue weighted by atomic mass is 16.7. The second-order valence-corrected chi connectivity index (χ2v) is 12.6. The maximum Gasteiger partial charge on any atom is 0.202 e. The number of Topliss-reactive ketones (excluding diaryl/α,β-unsaturated/α-hetero) is 1. The van der Waals surface area contributed by atoms with Crippen LogP contribution >= 0.6 is 0 Å². The first-order valence-electron chi connectivity index (χ1n) is 15.5. The number of nitrogens with zero attached hydrogens (tertiary/aromatic N) is 1. The van der Waals surface area contributed by atoms with Crippen LogP contribution in [0.15, 0.2) is 18.2 Å². The van der Waals surface area contributed by atoms with Gasteiger partial charge in [-0.25, -0.2) is 0 Å². The van der Waals surface area contributed by atoms with Crippen LogP contribution in [-0.2, 0) is 39.6 Å². The monoisotopic (exact) mass is 655 g/mol. The molecule has 7 rings (SSSR count). The first kappa shape index (κ1) is 32.1. The van der Waals surface area contributed by atoms with E-state index in [1.807, 2.05) is 6.92 Å². The summed E-state index contributed by atoms with van der Waals surface area (Å²) in [6.07, 6.45) is -4.44. The predicted molar refractivity (Wildman–Crippen MR) is 158 cm³/mol. The molecule has 3 saturated heterocycles. The van der Waals surface area contributed by atoms with Crippen molar-refractivity contribution < 1.29 is 62.9 Å². The predicted octanol–water partition coefficient (Wildman–Crippen LogP) is 1.37. The number of ether oxygens (including phenoxy) is 7. The van der Waals surface area contributed by atoms with Gasteiger partial charge in [0.1, 0.15) is 35.6 Å². The number of ketones is 3. The SMILES string of the molecule is COCC(=O)[C@]1(O)Cc2c(O)c3c(c(O)c2[C@@H](O[C@H]2CC4[C@H](O[C@@H]5[C@@H](OC)OCCN45)[C@H](C)O2)C1)C(=O)c1c(OC)cccc1C3=O. The fourth-order valence-corrected chi connectivity index (χ4v) is 7.81. The van der Waals surface area contributed by atoms with E-state index in [0.29, 0.717) is 19.6 Å². The van der Waals surface area contributed by atoms with E-state index in [1.54, 1.807) is 7.11 Å². The van der Waals surface area contributed by atoms with Crippen LogP contribution in [0.5, 0.6) is 17.2 Å². The number of carbonyl (C=O) groups is 3. The quantitative estimate of drug-likeness (QED) is 0.311. The van der Waals surface area contributed by atoms with Gasteiger partial charge in [0, 0.05) is 62.8 Å². The Morgan fingerprint density at radius 2 is 1.83 bits per heavy atom. The Bertz CT molecular complexity index is 1640. The molecule has 14 heteroatoms. The molecular weight excluding hydrogens is 618 g/mol. The van der Waals surface area contributed by atoms with Crippen molar-refractivity contribution in [3.8, 4) is 17.2 Å². The van der Waals surface area contributed by atoms with E-state index in [0.717, 1.165) is 0 Å². The number of rotatable bonds is 7. The van der Waals surface area contributed by atoms with Crippen LogP contribution in [-0.4, -0.2) is 121 Å². The molecule has 8 atom stereocenters. The van der Waals surface area contributed by atoms with Crippen molar-refractivity contribution in [2.24, 2.45) is 0 Å². The maximum atomic E-state index is 13.9. The Balaban J connectivity index is 1.30. The van der Waals surface area contributed by atoms with Crippen molar-refractivity contribution >= 4 is 17.3 Å². The molecule has 0 bridgehead atoms. The Morgan fingerprint density at radius 1 is 1.06 bits per heavy atom. The minimum atomic E-state index is -2.10. The molecule has 1 unspecified atom stereocenters. The zero-order valence-corrected chi connectivity index (χ0v) is 26.4. The molecule has 3 aliphatic heterocycles. The van der Waals surface area contributed by atoms with Gasteiger partial charge in [0.05, 0.1) is 42.6 Å². The molecule has 2 aliphatic carbocycles. The van der Waals surface area contributed by atoms with Gasteiger partial charge in [-0.15, -0.1) is 0 Å². The van der Waals surface area contributed by atoms with Crippen molar-refractivity contribution in [1.29, 1.82) is 0 Å². The van der Waals surface area contributed by atoms with E-state index in [1.165, 1.54) is 32.4 Å². The molecule has 0 radical (unpaired) electrons. The topological polar surface area (TPSA) is 180 Å². The molecule has 3 fully saturated rings. The highest BCUT2D eigenvalue weighted by Crippen LogP contribution is 2.53. The van der Waals surface area contributed by atoms with Crippen LogP contribution in [0.1, 0.15) is 68.8 Å². The summed E-state index contributed by atoms with van der Waals surface area (Å²) in [7, 11) is 4.21. The lowest BCUT2D eigenvalue weighted by molar-refractivity contribution is -0.256. The zero-order chi connectivity index (χ0) is 33.4. The minimum absolute atomic E-state index is 0.0131. The van der Waals surface area contributed by atoms with Crippen molar-refractivity contribution in [1.82, 2.24) is 4.90 Å². The number of fused-ring (bicyclic) bond motifs is 6. The van der Waals surface area contributed by atoms with Gasteiger partial charge in [-0.05, 0) is 13.0 Å². The third kappa shape index (κ3) is 4.89. The lowest BCUT2D eigenvalue weighted by atomic mass is 9.72. The molecular formula is C33H37NO13. The Morgan fingerprint density at radius 3 is 2.55 bits per heavy atom. The number of aromatic hydroxyl groups is 2. The first-order chi connectivity index (χ1) is 22.5. The third-order valence-corrected chi connectivity index (χ3v) is 9.97. The first-order valence-corrected chi connectivity index (χ1v) is 15.5. The number of methoxy groups -OCH3 is 3. The molecule has 47 heavy (non-hydrogen) atoms. The molecule has 2 aromatic carbocycles. The Kier molecular flexibility index (Phi) is 8.12. The summed E-state index contributed by atoms with van der Waals surface area (Å²) < 4.78 is 40.6. The maximum absolute atomic E-state index is 13.9. The van der Waals surface area contributed by atoms with Gasteiger partial charge in [0.15, 0.2) is 30.4 Å². The Labute approximate surface area is 270 Å². The van der Waals surface area contributed by atoms with Crippen molar-refractivity contribution in [3.63, 3.8) is 0 Å². The van der Waals surface area contributed by atoms with Gasteiger partial charge < -0.3 is 48.5 Å². The number of phenols is 2. The summed E-state index contributed by atoms with van der Waals surface area (Å²) in [5, 5.41) is 35.2. The number of carbonyl (C=O) groups excluding carboxylic acids is 3. The Hall–Kier alpha value is -3.47. The average Bonchev–Trinajstić information content (AvgIpc) is 3.44. The molecule has 252 valence electrons. The number of morpholine rings is 1. The lowest BCUT2D eigenvalue weighted by Gasteiger charge is -2.43. The highest BCUT2D eigenvalue weighted by molar-refractivity contribution is 6.31. The fourth-order valence-electron chi connectivity index (χ4n) is 7.81. The van der Waals surface area contributed by atoms with Crippen LogP contribution in [0.25, 0.3) is 0 Å². The normalized spacial score (nSPS) is 33.0. The van der Waals surface area contributed by atoms with Crippen molar-refractivity contribution in [3.05, 3.63) is 51.6 Å². The van der Waals surface area contributed by atoms with Crippen LogP contribution in [0.4, 0.5) is 0 Å². The van der Waals surface area contributed by atoms with Crippen LogP contribution in [0, 0.1) is 0 Å². The van der Waals surface area contributed by atoms with Crippen LogP contribution < -0.4 is 4.74 Å². The molecule has 14 nitrogen and oxygen atoms in total. The van der Waals surface area contributed by atoms with Gasteiger partial charge in [0.2, 0.25) is 5.78 Å². The smallest absolute Gasteiger partial charge is 0.202 e. The highest BCUT2D eigenvalue weighted by Gasteiger charge is 2.55. The van der Waals surface area contributed by atoms with E-state index in [4.69, 9.17) is 33.2 Å². The zero-order valence-electron chi connectivity index (χ0n) is 26.4. The minimum Gasteiger partial charge on any atom is -0.507 e.